The Balaban J connectivity index is 1.95. The second kappa shape index (κ2) is 9.59. The van der Waals surface area contributed by atoms with Gasteiger partial charge in [0.05, 0.1) is 17.0 Å². The van der Waals surface area contributed by atoms with Crippen molar-refractivity contribution in [3.8, 4) is 0 Å². The zero-order chi connectivity index (χ0) is 26.1. The minimum absolute atomic E-state index is 0.0695. The third-order valence-electron chi connectivity index (χ3n) is 5.24. The number of amides is 4. The van der Waals surface area contributed by atoms with Gasteiger partial charge in [0.2, 0.25) is 27.7 Å². The zero-order valence-electron chi connectivity index (χ0n) is 20.2. The van der Waals surface area contributed by atoms with Crippen LogP contribution in [-0.2, 0) is 29.2 Å². The van der Waals surface area contributed by atoms with E-state index in [4.69, 9.17) is 0 Å². The van der Waals surface area contributed by atoms with Crippen LogP contribution in [0.1, 0.15) is 41.0 Å². The number of carbonyl (C=O) groups is 4. The molecule has 0 radical (unpaired) electrons. The number of carbonyl (C=O) groups excluding carboxylic acids is 4. The molecule has 1 saturated heterocycles. The minimum Gasteiger partial charge on any atom is -0.326 e. The summed E-state index contributed by atoms with van der Waals surface area (Å²) in [5.74, 6) is -1.74. The molecule has 0 bridgehead atoms. The lowest BCUT2D eigenvalue weighted by Crippen LogP contribution is -2.54. The van der Waals surface area contributed by atoms with E-state index >= 15 is 0 Å². The van der Waals surface area contributed by atoms with E-state index in [0.717, 1.165) is 9.21 Å². The van der Waals surface area contributed by atoms with Crippen LogP contribution in [0.4, 0.5) is 17.1 Å². The Morgan fingerprint density at radius 3 is 1.77 bits per heavy atom. The highest BCUT2D eigenvalue weighted by atomic mass is 32.2. The van der Waals surface area contributed by atoms with Gasteiger partial charge >= 0.3 is 0 Å². The van der Waals surface area contributed by atoms with Crippen LogP contribution in [0.3, 0.4) is 0 Å². The van der Waals surface area contributed by atoms with E-state index in [1.54, 1.807) is 32.9 Å². The van der Waals surface area contributed by atoms with Gasteiger partial charge in [0.1, 0.15) is 6.04 Å². The standard InChI is InChI=1S/C24H28N4O6S/c1-15(29)25-17-6-10-19(11-7-17)27-22(31)14-21(23(27)32)28(24(3,4)5)35(33,34)20-12-8-18(9-13-20)26-16(2)30/h6-13,21H,14H2,1-5H3,(H,25,29)(H,26,30). The van der Waals surface area contributed by atoms with Gasteiger partial charge in [-0.05, 0) is 69.3 Å². The summed E-state index contributed by atoms with van der Waals surface area (Å²) in [6, 6.07) is 10.5. The molecule has 0 aliphatic carbocycles. The smallest absolute Gasteiger partial charge is 0.252 e. The SMILES string of the molecule is CC(=O)Nc1ccc(N2C(=O)CC(N(C(C)(C)C)S(=O)(=O)c3ccc(NC(C)=O)cc3)C2=O)cc1. The molecule has 2 aromatic rings. The van der Waals surface area contributed by atoms with Crippen LogP contribution in [0.25, 0.3) is 0 Å². The highest BCUT2D eigenvalue weighted by Crippen LogP contribution is 2.34. The van der Waals surface area contributed by atoms with Crippen molar-refractivity contribution in [1.82, 2.24) is 4.31 Å². The third-order valence-corrected chi connectivity index (χ3v) is 7.43. The number of benzene rings is 2. The first-order valence-electron chi connectivity index (χ1n) is 10.9. The fourth-order valence-electron chi connectivity index (χ4n) is 3.99. The van der Waals surface area contributed by atoms with Crippen LogP contribution in [0, 0.1) is 0 Å². The zero-order valence-corrected chi connectivity index (χ0v) is 21.0. The second-order valence-corrected chi connectivity index (χ2v) is 11.0. The molecule has 11 heteroatoms. The van der Waals surface area contributed by atoms with E-state index in [0.29, 0.717) is 11.4 Å². The lowest BCUT2D eigenvalue weighted by atomic mass is 10.1. The lowest BCUT2D eigenvalue weighted by Gasteiger charge is -2.37. The molecule has 0 aromatic heterocycles. The van der Waals surface area contributed by atoms with Crippen LogP contribution in [0.15, 0.2) is 53.4 Å². The van der Waals surface area contributed by atoms with Gasteiger partial charge in [-0.15, -0.1) is 0 Å². The third kappa shape index (κ3) is 5.57. The maximum Gasteiger partial charge on any atom is 0.252 e. The van der Waals surface area contributed by atoms with Crippen LogP contribution in [0.2, 0.25) is 0 Å². The summed E-state index contributed by atoms with van der Waals surface area (Å²) in [5, 5.41) is 5.18. The molecule has 186 valence electrons. The van der Waals surface area contributed by atoms with Crippen molar-refractivity contribution in [3.05, 3.63) is 48.5 Å². The number of nitrogens with zero attached hydrogens (tertiary/aromatic N) is 2. The lowest BCUT2D eigenvalue weighted by molar-refractivity contribution is -0.123. The van der Waals surface area contributed by atoms with Crippen LogP contribution < -0.4 is 15.5 Å². The average Bonchev–Trinajstić information content (AvgIpc) is 3.00. The number of rotatable bonds is 6. The van der Waals surface area contributed by atoms with Crippen molar-refractivity contribution < 1.29 is 27.6 Å². The van der Waals surface area contributed by atoms with Gasteiger partial charge in [0, 0.05) is 30.8 Å². The number of imide groups is 1. The predicted molar refractivity (Wildman–Crippen MR) is 131 cm³/mol. The summed E-state index contributed by atoms with van der Waals surface area (Å²) in [6.07, 6.45) is -0.313. The summed E-state index contributed by atoms with van der Waals surface area (Å²) in [5.41, 5.74) is 0.182. The summed E-state index contributed by atoms with van der Waals surface area (Å²) in [4.78, 5) is 49.7. The van der Waals surface area contributed by atoms with Gasteiger partial charge in [0.25, 0.3) is 5.91 Å². The fourth-order valence-corrected chi connectivity index (χ4v) is 5.92. The molecule has 2 aromatic carbocycles. The van der Waals surface area contributed by atoms with Crippen molar-refractivity contribution >= 4 is 50.7 Å². The topological polar surface area (TPSA) is 133 Å². The maximum absolute atomic E-state index is 13.7. The average molecular weight is 501 g/mol. The van der Waals surface area contributed by atoms with E-state index in [2.05, 4.69) is 10.6 Å². The molecule has 10 nitrogen and oxygen atoms in total. The first-order valence-corrected chi connectivity index (χ1v) is 12.3. The molecular formula is C24H28N4O6S. The Labute approximate surface area is 204 Å². The first kappa shape index (κ1) is 26.0. The van der Waals surface area contributed by atoms with Gasteiger partial charge in [0.15, 0.2) is 0 Å². The van der Waals surface area contributed by atoms with Crippen LogP contribution in [-0.4, -0.2) is 47.9 Å². The van der Waals surface area contributed by atoms with E-state index in [-0.39, 0.29) is 28.8 Å². The van der Waals surface area contributed by atoms with Crippen molar-refractivity contribution in [2.75, 3.05) is 15.5 Å². The highest BCUT2D eigenvalue weighted by molar-refractivity contribution is 7.89. The quantitative estimate of drug-likeness (QED) is 0.586. The molecule has 2 N–H and O–H groups in total. The number of hydrogen-bond donors (Lipinski definition) is 2. The maximum atomic E-state index is 13.7. The normalized spacial score (nSPS) is 16.5. The van der Waals surface area contributed by atoms with Crippen molar-refractivity contribution in [2.45, 2.75) is 57.5 Å². The molecule has 1 aliphatic heterocycles. The number of nitrogens with one attached hydrogen (secondary N) is 2. The van der Waals surface area contributed by atoms with E-state index in [1.807, 2.05) is 0 Å². The molecular weight excluding hydrogens is 472 g/mol. The molecule has 0 saturated carbocycles. The molecule has 1 atom stereocenters. The van der Waals surface area contributed by atoms with Crippen LogP contribution in [0.5, 0.6) is 0 Å². The van der Waals surface area contributed by atoms with Gasteiger partial charge in [-0.1, -0.05) is 0 Å². The molecule has 35 heavy (non-hydrogen) atoms. The molecule has 1 aliphatic rings. The first-order chi connectivity index (χ1) is 16.2. The fraction of sp³-hybridized carbons (Fsp3) is 0.333. The number of anilines is 3. The molecule has 3 rings (SSSR count). The number of hydrogen-bond acceptors (Lipinski definition) is 6. The van der Waals surface area contributed by atoms with Crippen LogP contribution >= 0.6 is 0 Å². The Hall–Kier alpha value is -3.57. The largest absolute Gasteiger partial charge is 0.326 e. The molecule has 0 spiro atoms. The van der Waals surface area contributed by atoms with E-state index in [9.17, 15) is 27.6 Å². The molecule has 1 fully saturated rings. The van der Waals surface area contributed by atoms with Gasteiger partial charge in [-0.2, -0.15) is 4.31 Å². The number of sulfonamides is 1. The van der Waals surface area contributed by atoms with Gasteiger partial charge in [-0.25, -0.2) is 13.3 Å². The summed E-state index contributed by atoms with van der Waals surface area (Å²) in [6.45, 7) is 7.66. The minimum atomic E-state index is -4.20. The second-order valence-electron chi connectivity index (χ2n) is 9.19. The van der Waals surface area contributed by atoms with Crippen molar-refractivity contribution in [2.24, 2.45) is 0 Å². The Kier molecular flexibility index (Phi) is 7.13. The van der Waals surface area contributed by atoms with E-state index < -0.39 is 33.4 Å². The van der Waals surface area contributed by atoms with Gasteiger partial charge in [-0.3, -0.25) is 19.2 Å². The van der Waals surface area contributed by atoms with Crippen molar-refractivity contribution in [1.29, 1.82) is 0 Å². The predicted octanol–water partition coefficient (Wildman–Crippen LogP) is 2.72. The summed E-state index contributed by atoms with van der Waals surface area (Å²) >= 11 is 0. The Bertz CT molecular complexity index is 1260. The molecule has 1 unspecified atom stereocenters. The summed E-state index contributed by atoms with van der Waals surface area (Å²) < 4.78 is 28.4. The van der Waals surface area contributed by atoms with Crippen molar-refractivity contribution in [3.63, 3.8) is 0 Å². The highest BCUT2D eigenvalue weighted by Gasteiger charge is 2.50. The van der Waals surface area contributed by atoms with Gasteiger partial charge < -0.3 is 10.6 Å². The summed E-state index contributed by atoms with van der Waals surface area (Å²) in [7, 11) is -4.20. The molecule has 4 amide bonds. The molecule has 1 heterocycles. The monoisotopic (exact) mass is 500 g/mol. The Morgan fingerprint density at radius 2 is 1.34 bits per heavy atom. The van der Waals surface area contributed by atoms with E-state index in [1.165, 1.54) is 50.2 Å². The Morgan fingerprint density at radius 1 is 0.886 bits per heavy atom.